The lowest BCUT2D eigenvalue weighted by Gasteiger charge is -2.29. The second-order valence-corrected chi connectivity index (χ2v) is 4.24. The van der Waals surface area contributed by atoms with Crippen LogP contribution in [0.1, 0.15) is 43.1 Å². The molecule has 0 saturated heterocycles. The van der Waals surface area contributed by atoms with Crippen LogP contribution in [0, 0.1) is 13.8 Å². The molecule has 0 amide bonds. The molecule has 3 heteroatoms. The van der Waals surface area contributed by atoms with Crippen LogP contribution in [-0.4, -0.2) is 20.8 Å². The summed E-state index contributed by atoms with van der Waals surface area (Å²) in [6, 6.07) is 0.255. The molecule has 1 aromatic rings. The third-order valence-corrected chi connectivity index (χ3v) is 3.34. The number of aliphatic hydroxyl groups excluding tert-OH is 1. The third-order valence-electron chi connectivity index (χ3n) is 3.34. The van der Waals surface area contributed by atoms with E-state index in [-0.39, 0.29) is 12.1 Å². The maximum atomic E-state index is 9.91. The SMILES string of the molecule is Cc1ncn([C@H]2CCCC[C@@H]2O)c1C. The summed E-state index contributed by atoms with van der Waals surface area (Å²) in [6.45, 7) is 4.09. The molecular formula is C11H18N2O. The molecule has 2 rings (SSSR count). The minimum Gasteiger partial charge on any atom is -0.391 e. The number of hydrogen-bond donors (Lipinski definition) is 1. The van der Waals surface area contributed by atoms with Crippen LogP contribution in [-0.2, 0) is 0 Å². The summed E-state index contributed by atoms with van der Waals surface area (Å²) in [4.78, 5) is 4.28. The summed E-state index contributed by atoms with van der Waals surface area (Å²) in [7, 11) is 0. The van der Waals surface area contributed by atoms with E-state index in [0.717, 1.165) is 25.0 Å². The van der Waals surface area contributed by atoms with E-state index in [1.54, 1.807) is 0 Å². The topological polar surface area (TPSA) is 38.0 Å². The van der Waals surface area contributed by atoms with Crippen molar-refractivity contribution in [1.82, 2.24) is 9.55 Å². The summed E-state index contributed by atoms with van der Waals surface area (Å²) in [6.07, 6.45) is 6.07. The first-order chi connectivity index (χ1) is 6.70. The summed E-state index contributed by atoms with van der Waals surface area (Å²) >= 11 is 0. The van der Waals surface area contributed by atoms with Crippen molar-refractivity contribution in [3.05, 3.63) is 17.7 Å². The molecule has 0 radical (unpaired) electrons. The zero-order valence-electron chi connectivity index (χ0n) is 8.90. The zero-order valence-corrected chi connectivity index (χ0v) is 8.90. The van der Waals surface area contributed by atoms with Crippen LogP contribution in [0.5, 0.6) is 0 Å². The first-order valence-electron chi connectivity index (χ1n) is 5.38. The predicted octanol–water partition coefficient (Wildman–Crippen LogP) is 1.98. The van der Waals surface area contributed by atoms with E-state index in [9.17, 15) is 5.11 Å². The maximum Gasteiger partial charge on any atom is 0.0954 e. The number of aryl methyl sites for hydroxylation is 1. The molecule has 2 atom stereocenters. The maximum absolute atomic E-state index is 9.91. The normalized spacial score (nSPS) is 27.9. The lowest BCUT2D eigenvalue weighted by Crippen LogP contribution is -2.27. The number of aliphatic hydroxyl groups is 1. The molecule has 3 nitrogen and oxygen atoms in total. The zero-order chi connectivity index (χ0) is 10.1. The third kappa shape index (κ3) is 1.57. The Labute approximate surface area is 84.8 Å². The van der Waals surface area contributed by atoms with Gasteiger partial charge in [0, 0.05) is 5.69 Å². The minimum absolute atomic E-state index is 0.184. The Bertz CT molecular complexity index is 319. The van der Waals surface area contributed by atoms with Crippen molar-refractivity contribution < 1.29 is 5.11 Å². The Balaban J connectivity index is 2.24. The average molecular weight is 194 g/mol. The molecule has 78 valence electrons. The Kier molecular flexibility index (Phi) is 2.59. The number of imidazole rings is 1. The van der Waals surface area contributed by atoms with Gasteiger partial charge in [0.15, 0.2) is 0 Å². The molecule has 0 aromatic carbocycles. The Hall–Kier alpha value is -0.830. The molecular weight excluding hydrogens is 176 g/mol. The molecule has 0 aliphatic heterocycles. The smallest absolute Gasteiger partial charge is 0.0954 e. The molecule has 0 spiro atoms. The highest BCUT2D eigenvalue weighted by Crippen LogP contribution is 2.29. The predicted molar refractivity (Wildman–Crippen MR) is 55.2 cm³/mol. The van der Waals surface area contributed by atoms with Crippen molar-refractivity contribution in [2.45, 2.75) is 51.7 Å². The van der Waals surface area contributed by atoms with Gasteiger partial charge in [-0.2, -0.15) is 0 Å². The Morgan fingerprint density at radius 1 is 1.36 bits per heavy atom. The van der Waals surface area contributed by atoms with Gasteiger partial charge >= 0.3 is 0 Å². The van der Waals surface area contributed by atoms with Crippen LogP contribution < -0.4 is 0 Å². The van der Waals surface area contributed by atoms with Crippen molar-refractivity contribution in [1.29, 1.82) is 0 Å². The van der Waals surface area contributed by atoms with Gasteiger partial charge in [-0.3, -0.25) is 0 Å². The average Bonchev–Trinajstić information content (AvgIpc) is 2.49. The van der Waals surface area contributed by atoms with Crippen molar-refractivity contribution in [2.24, 2.45) is 0 Å². The highest BCUT2D eigenvalue weighted by atomic mass is 16.3. The second-order valence-electron chi connectivity index (χ2n) is 4.24. The molecule has 1 heterocycles. The lowest BCUT2D eigenvalue weighted by molar-refractivity contribution is 0.0745. The van der Waals surface area contributed by atoms with Crippen molar-refractivity contribution in [3.8, 4) is 0 Å². The number of hydrogen-bond acceptors (Lipinski definition) is 2. The van der Waals surface area contributed by atoms with Gasteiger partial charge in [0.2, 0.25) is 0 Å². The van der Waals surface area contributed by atoms with Gasteiger partial charge in [0.05, 0.1) is 24.2 Å². The van der Waals surface area contributed by atoms with Crippen LogP contribution in [0.2, 0.25) is 0 Å². The standard InChI is InChI=1S/C11H18N2O/c1-8-9(2)13(7-12-8)10-5-3-4-6-11(10)14/h7,10-11,14H,3-6H2,1-2H3/t10-,11-/m0/s1. The summed E-state index contributed by atoms with van der Waals surface area (Å²) in [5, 5.41) is 9.91. The van der Waals surface area contributed by atoms with E-state index < -0.39 is 0 Å². The van der Waals surface area contributed by atoms with Crippen LogP contribution >= 0.6 is 0 Å². The highest BCUT2D eigenvalue weighted by molar-refractivity contribution is 5.10. The van der Waals surface area contributed by atoms with Gasteiger partial charge in [-0.05, 0) is 26.7 Å². The van der Waals surface area contributed by atoms with E-state index in [4.69, 9.17) is 0 Å². The highest BCUT2D eigenvalue weighted by Gasteiger charge is 2.25. The number of aromatic nitrogens is 2. The fraction of sp³-hybridized carbons (Fsp3) is 0.727. The quantitative estimate of drug-likeness (QED) is 0.742. The van der Waals surface area contributed by atoms with E-state index in [0.29, 0.717) is 0 Å². The van der Waals surface area contributed by atoms with Gasteiger partial charge in [0.1, 0.15) is 0 Å². The van der Waals surface area contributed by atoms with Crippen molar-refractivity contribution >= 4 is 0 Å². The minimum atomic E-state index is -0.184. The molecule has 1 fully saturated rings. The molecule has 1 aliphatic rings. The van der Waals surface area contributed by atoms with Gasteiger partial charge in [-0.25, -0.2) is 4.98 Å². The molecule has 0 bridgehead atoms. The van der Waals surface area contributed by atoms with Crippen LogP contribution in [0.15, 0.2) is 6.33 Å². The number of nitrogens with zero attached hydrogens (tertiary/aromatic N) is 2. The van der Waals surface area contributed by atoms with Gasteiger partial charge in [0.25, 0.3) is 0 Å². The van der Waals surface area contributed by atoms with E-state index >= 15 is 0 Å². The van der Waals surface area contributed by atoms with Gasteiger partial charge in [-0.1, -0.05) is 12.8 Å². The first-order valence-corrected chi connectivity index (χ1v) is 5.38. The van der Waals surface area contributed by atoms with Crippen LogP contribution in [0.3, 0.4) is 0 Å². The molecule has 1 N–H and O–H groups in total. The van der Waals surface area contributed by atoms with Crippen LogP contribution in [0.25, 0.3) is 0 Å². The van der Waals surface area contributed by atoms with Crippen molar-refractivity contribution in [3.63, 3.8) is 0 Å². The van der Waals surface area contributed by atoms with E-state index in [2.05, 4.69) is 16.5 Å². The fourth-order valence-electron chi connectivity index (χ4n) is 2.27. The first kappa shape index (κ1) is 9.71. The van der Waals surface area contributed by atoms with Crippen LogP contribution in [0.4, 0.5) is 0 Å². The fourth-order valence-corrected chi connectivity index (χ4v) is 2.27. The Morgan fingerprint density at radius 3 is 2.64 bits per heavy atom. The molecule has 14 heavy (non-hydrogen) atoms. The van der Waals surface area contributed by atoms with Crippen molar-refractivity contribution in [2.75, 3.05) is 0 Å². The molecule has 1 aliphatic carbocycles. The number of rotatable bonds is 1. The largest absolute Gasteiger partial charge is 0.391 e. The molecule has 1 saturated carbocycles. The monoisotopic (exact) mass is 194 g/mol. The lowest BCUT2D eigenvalue weighted by atomic mass is 9.92. The van der Waals surface area contributed by atoms with Gasteiger partial charge < -0.3 is 9.67 Å². The summed E-state index contributed by atoms with van der Waals surface area (Å²) in [5.74, 6) is 0. The Morgan fingerprint density at radius 2 is 2.07 bits per heavy atom. The molecule has 1 aromatic heterocycles. The summed E-state index contributed by atoms with van der Waals surface area (Å²) < 4.78 is 2.14. The second kappa shape index (κ2) is 3.73. The summed E-state index contributed by atoms with van der Waals surface area (Å²) in [5.41, 5.74) is 2.26. The molecule has 0 unspecified atom stereocenters. The van der Waals surface area contributed by atoms with E-state index in [1.165, 1.54) is 12.1 Å². The van der Waals surface area contributed by atoms with E-state index in [1.807, 2.05) is 13.3 Å². The van der Waals surface area contributed by atoms with Gasteiger partial charge in [-0.15, -0.1) is 0 Å².